The molecule has 0 saturated carbocycles. The SMILES string of the molecule is CC/C(=N\Nc1ccc(S(=O)(=O)N(CC)CC)cn1)c1cc(C)ccc1O. The van der Waals surface area contributed by atoms with Gasteiger partial charge in [-0.2, -0.15) is 9.41 Å². The molecule has 0 saturated heterocycles. The lowest BCUT2D eigenvalue weighted by molar-refractivity contribution is 0.445. The van der Waals surface area contributed by atoms with Gasteiger partial charge in [0, 0.05) is 24.8 Å². The van der Waals surface area contributed by atoms with E-state index in [0.29, 0.717) is 36.6 Å². The first kappa shape index (κ1) is 20.9. The minimum Gasteiger partial charge on any atom is -0.507 e. The third-order valence-corrected chi connectivity index (χ3v) is 6.22. The van der Waals surface area contributed by atoms with Crippen LogP contribution in [-0.2, 0) is 10.0 Å². The largest absolute Gasteiger partial charge is 0.507 e. The van der Waals surface area contributed by atoms with Gasteiger partial charge >= 0.3 is 0 Å². The van der Waals surface area contributed by atoms with Crippen LogP contribution in [-0.4, -0.2) is 41.6 Å². The molecule has 27 heavy (non-hydrogen) atoms. The van der Waals surface area contributed by atoms with Crippen LogP contribution in [0.5, 0.6) is 5.75 Å². The number of sulfonamides is 1. The summed E-state index contributed by atoms with van der Waals surface area (Å²) in [6, 6.07) is 8.42. The highest BCUT2D eigenvalue weighted by molar-refractivity contribution is 7.89. The Morgan fingerprint density at radius 1 is 1.19 bits per heavy atom. The van der Waals surface area contributed by atoms with Gasteiger partial charge in [-0.25, -0.2) is 13.4 Å². The molecule has 0 atom stereocenters. The Balaban J connectivity index is 2.23. The molecule has 2 aromatic rings. The van der Waals surface area contributed by atoms with E-state index in [1.165, 1.54) is 16.6 Å². The molecule has 2 rings (SSSR count). The Labute approximate surface area is 160 Å². The van der Waals surface area contributed by atoms with Crippen molar-refractivity contribution in [3.8, 4) is 5.75 Å². The minimum atomic E-state index is -3.53. The van der Waals surface area contributed by atoms with Crippen molar-refractivity contribution < 1.29 is 13.5 Å². The van der Waals surface area contributed by atoms with Crippen LogP contribution in [0.1, 0.15) is 38.3 Å². The second kappa shape index (κ2) is 8.96. The topological polar surface area (TPSA) is 94.9 Å². The molecule has 2 N–H and O–H groups in total. The zero-order valence-corrected chi connectivity index (χ0v) is 16.9. The van der Waals surface area contributed by atoms with Crippen molar-refractivity contribution >= 4 is 21.6 Å². The number of aromatic hydroxyl groups is 1. The van der Waals surface area contributed by atoms with E-state index in [2.05, 4.69) is 15.5 Å². The summed E-state index contributed by atoms with van der Waals surface area (Å²) in [7, 11) is -3.53. The Bertz CT molecular complexity index is 905. The van der Waals surface area contributed by atoms with Crippen LogP contribution in [0.15, 0.2) is 46.5 Å². The first-order valence-electron chi connectivity index (χ1n) is 8.92. The average molecular weight is 391 g/mol. The fourth-order valence-corrected chi connectivity index (χ4v) is 4.05. The normalized spacial score (nSPS) is 12.4. The molecule has 1 aromatic heterocycles. The third kappa shape index (κ3) is 4.84. The van der Waals surface area contributed by atoms with Gasteiger partial charge in [0.25, 0.3) is 0 Å². The number of phenolic OH excluding ortho intramolecular Hbond substituents is 1. The van der Waals surface area contributed by atoms with Gasteiger partial charge in [0.1, 0.15) is 16.5 Å². The van der Waals surface area contributed by atoms with E-state index in [9.17, 15) is 13.5 Å². The van der Waals surface area contributed by atoms with Crippen molar-refractivity contribution in [1.29, 1.82) is 0 Å². The Morgan fingerprint density at radius 3 is 2.44 bits per heavy atom. The van der Waals surface area contributed by atoms with E-state index in [4.69, 9.17) is 0 Å². The summed E-state index contributed by atoms with van der Waals surface area (Å²) in [5.41, 5.74) is 5.19. The maximum atomic E-state index is 12.5. The number of nitrogens with zero attached hydrogens (tertiary/aromatic N) is 3. The summed E-state index contributed by atoms with van der Waals surface area (Å²) in [5, 5.41) is 14.4. The van der Waals surface area contributed by atoms with E-state index in [1.807, 2.05) is 26.0 Å². The maximum absolute atomic E-state index is 12.5. The number of nitrogens with one attached hydrogen (secondary N) is 1. The molecule has 0 aliphatic heterocycles. The number of rotatable bonds is 8. The molecule has 1 aromatic carbocycles. The number of benzene rings is 1. The van der Waals surface area contributed by atoms with Crippen LogP contribution < -0.4 is 5.43 Å². The van der Waals surface area contributed by atoms with Crippen molar-refractivity contribution in [2.45, 2.75) is 39.0 Å². The Kier molecular flexibility index (Phi) is 6.92. The molecular formula is C19H26N4O3S. The summed E-state index contributed by atoms with van der Waals surface area (Å²) >= 11 is 0. The molecule has 0 unspecified atom stereocenters. The Hall–Kier alpha value is -2.45. The van der Waals surface area contributed by atoms with Gasteiger partial charge in [0.2, 0.25) is 10.0 Å². The van der Waals surface area contributed by atoms with E-state index < -0.39 is 10.0 Å². The number of pyridine rings is 1. The number of aryl methyl sites for hydroxylation is 1. The van der Waals surface area contributed by atoms with E-state index in [1.54, 1.807) is 26.0 Å². The number of hydrazone groups is 1. The van der Waals surface area contributed by atoms with Crippen LogP contribution in [0.3, 0.4) is 0 Å². The predicted molar refractivity (Wildman–Crippen MR) is 108 cm³/mol. The third-order valence-electron chi connectivity index (χ3n) is 4.18. The van der Waals surface area contributed by atoms with Crippen molar-refractivity contribution in [2.75, 3.05) is 18.5 Å². The number of hydrogen-bond donors (Lipinski definition) is 2. The van der Waals surface area contributed by atoms with Gasteiger partial charge in [-0.15, -0.1) is 0 Å². The zero-order chi connectivity index (χ0) is 20.0. The highest BCUT2D eigenvalue weighted by Gasteiger charge is 2.21. The van der Waals surface area contributed by atoms with Crippen molar-refractivity contribution in [3.63, 3.8) is 0 Å². The van der Waals surface area contributed by atoms with Gasteiger partial charge in [0.05, 0.1) is 5.71 Å². The highest BCUT2D eigenvalue weighted by atomic mass is 32.2. The van der Waals surface area contributed by atoms with Gasteiger partial charge in [0.15, 0.2) is 0 Å². The van der Waals surface area contributed by atoms with E-state index >= 15 is 0 Å². The monoisotopic (exact) mass is 390 g/mol. The summed E-state index contributed by atoms with van der Waals surface area (Å²) in [5.74, 6) is 0.586. The summed E-state index contributed by atoms with van der Waals surface area (Å²) in [6.07, 6.45) is 1.93. The van der Waals surface area contributed by atoms with Crippen LogP contribution >= 0.6 is 0 Å². The van der Waals surface area contributed by atoms with Gasteiger partial charge in [-0.05, 0) is 37.6 Å². The summed E-state index contributed by atoms with van der Waals surface area (Å²) < 4.78 is 26.3. The van der Waals surface area contributed by atoms with Gasteiger partial charge in [-0.1, -0.05) is 32.4 Å². The average Bonchev–Trinajstić information content (AvgIpc) is 2.66. The lowest BCUT2D eigenvalue weighted by atomic mass is 10.0. The fourth-order valence-electron chi connectivity index (χ4n) is 2.65. The van der Waals surface area contributed by atoms with Crippen molar-refractivity contribution in [3.05, 3.63) is 47.7 Å². The molecular weight excluding hydrogens is 364 g/mol. The smallest absolute Gasteiger partial charge is 0.244 e. The van der Waals surface area contributed by atoms with Crippen LogP contribution in [0, 0.1) is 6.92 Å². The molecule has 7 nitrogen and oxygen atoms in total. The molecule has 0 aliphatic rings. The molecule has 0 radical (unpaired) electrons. The summed E-state index contributed by atoms with van der Waals surface area (Å²) in [6.45, 7) is 8.29. The fraction of sp³-hybridized carbons (Fsp3) is 0.368. The van der Waals surface area contributed by atoms with Gasteiger partial charge < -0.3 is 5.11 Å². The maximum Gasteiger partial charge on any atom is 0.244 e. The lowest BCUT2D eigenvalue weighted by Gasteiger charge is -2.18. The first-order valence-corrected chi connectivity index (χ1v) is 10.4. The Morgan fingerprint density at radius 2 is 1.89 bits per heavy atom. The zero-order valence-electron chi connectivity index (χ0n) is 16.1. The number of hydrogen-bond acceptors (Lipinski definition) is 6. The molecule has 0 bridgehead atoms. The van der Waals surface area contributed by atoms with E-state index in [0.717, 1.165) is 5.56 Å². The molecule has 8 heteroatoms. The predicted octanol–water partition coefficient (Wildman–Crippen LogP) is 3.35. The van der Waals surface area contributed by atoms with Crippen LogP contribution in [0.4, 0.5) is 5.82 Å². The molecule has 0 aliphatic carbocycles. The van der Waals surface area contributed by atoms with Crippen LogP contribution in [0.25, 0.3) is 0 Å². The van der Waals surface area contributed by atoms with E-state index in [-0.39, 0.29) is 10.6 Å². The van der Waals surface area contributed by atoms with Crippen molar-refractivity contribution in [1.82, 2.24) is 9.29 Å². The molecule has 0 amide bonds. The molecule has 0 fully saturated rings. The quantitative estimate of drug-likeness (QED) is 0.532. The molecule has 0 spiro atoms. The molecule has 146 valence electrons. The summed E-state index contributed by atoms with van der Waals surface area (Å²) in [4.78, 5) is 4.30. The second-order valence-corrected chi connectivity index (χ2v) is 7.95. The minimum absolute atomic E-state index is 0.146. The number of aromatic nitrogens is 1. The first-order chi connectivity index (χ1) is 12.8. The molecule has 1 heterocycles. The van der Waals surface area contributed by atoms with Gasteiger partial charge in [-0.3, -0.25) is 5.43 Å². The van der Waals surface area contributed by atoms with Crippen LogP contribution in [0.2, 0.25) is 0 Å². The highest BCUT2D eigenvalue weighted by Crippen LogP contribution is 2.21. The second-order valence-electron chi connectivity index (χ2n) is 6.01. The standard InChI is InChI=1S/C19H26N4O3S/c1-5-17(16-12-14(4)8-10-18(16)24)21-22-19-11-9-15(13-20-19)27(25,26)23(6-2)7-3/h8-13,24H,5-7H2,1-4H3,(H,20,22)/b21-17+. The van der Waals surface area contributed by atoms with Crippen molar-refractivity contribution in [2.24, 2.45) is 5.10 Å². The lowest BCUT2D eigenvalue weighted by Crippen LogP contribution is -2.30. The number of anilines is 1. The number of phenols is 1.